The molecule has 164 valence electrons. The number of aryl methyl sites for hydroxylation is 1. The summed E-state index contributed by atoms with van der Waals surface area (Å²) in [5.74, 6) is 0.917. The first kappa shape index (κ1) is 23.7. The predicted octanol–water partition coefficient (Wildman–Crippen LogP) is 2.44. The van der Waals surface area contributed by atoms with Gasteiger partial charge in [-0.3, -0.25) is 0 Å². The summed E-state index contributed by atoms with van der Waals surface area (Å²) in [6, 6.07) is 14.1. The molecule has 0 bridgehead atoms. The quantitative estimate of drug-likeness (QED) is 0.528. The largest absolute Gasteiger partial charge is 0.497 e. The van der Waals surface area contributed by atoms with Gasteiger partial charge in [-0.15, -0.1) is 0 Å². The number of aliphatic hydroxyl groups is 1. The third-order valence-electron chi connectivity index (χ3n) is 4.89. The monoisotopic (exact) mass is 415 g/mol. The normalized spacial score (nSPS) is 16.8. The van der Waals surface area contributed by atoms with Gasteiger partial charge in [-0.25, -0.2) is 4.79 Å². The summed E-state index contributed by atoms with van der Waals surface area (Å²) in [7, 11) is 1.67. The van der Waals surface area contributed by atoms with Crippen molar-refractivity contribution in [3.05, 3.63) is 64.7 Å². The van der Waals surface area contributed by atoms with Crippen LogP contribution in [0, 0.1) is 6.92 Å². The predicted molar refractivity (Wildman–Crippen MR) is 118 cm³/mol. The Hall–Kier alpha value is -2.61. The number of hydrogen-bond donors (Lipinski definition) is 5. The fourth-order valence-corrected chi connectivity index (χ4v) is 3.13. The molecule has 2 aliphatic rings. The molecule has 1 saturated heterocycles. The number of benzene rings is 2. The highest BCUT2D eigenvalue weighted by Crippen LogP contribution is 2.15. The van der Waals surface area contributed by atoms with Crippen LogP contribution in [-0.4, -0.2) is 49.2 Å². The third-order valence-corrected chi connectivity index (χ3v) is 4.89. The average molecular weight is 416 g/mol. The Balaban J connectivity index is 0.000000180. The minimum Gasteiger partial charge on any atom is -0.497 e. The highest BCUT2D eigenvalue weighted by molar-refractivity contribution is 5.64. The Morgan fingerprint density at radius 2 is 1.90 bits per heavy atom. The highest BCUT2D eigenvalue weighted by atomic mass is 16.5. The van der Waals surface area contributed by atoms with Crippen LogP contribution >= 0.6 is 0 Å². The lowest BCUT2D eigenvalue weighted by atomic mass is 9.98. The molecule has 2 heterocycles. The van der Waals surface area contributed by atoms with Crippen molar-refractivity contribution in [1.29, 1.82) is 0 Å². The van der Waals surface area contributed by atoms with Crippen molar-refractivity contribution in [2.75, 3.05) is 26.7 Å². The number of hydrogen-bond acceptors (Lipinski definition) is 5. The molecule has 2 aliphatic heterocycles. The summed E-state index contributed by atoms with van der Waals surface area (Å²) >= 11 is 0. The molecule has 0 radical (unpaired) electrons. The van der Waals surface area contributed by atoms with Crippen molar-refractivity contribution in [3.63, 3.8) is 0 Å². The lowest BCUT2D eigenvalue weighted by molar-refractivity contribution is 0.193. The van der Waals surface area contributed by atoms with Gasteiger partial charge in [-0.1, -0.05) is 35.9 Å². The molecular weight excluding hydrogens is 382 g/mol. The van der Waals surface area contributed by atoms with Crippen LogP contribution in [-0.2, 0) is 19.5 Å². The van der Waals surface area contributed by atoms with Crippen LogP contribution < -0.4 is 20.7 Å². The Morgan fingerprint density at radius 1 is 1.13 bits per heavy atom. The first-order chi connectivity index (χ1) is 14.5. The van der Waals surface area contributed by atoms with Gasteiger partial charge >= 0.3 is 6.09 Å². The van der Waals surface area contributed by atoms with Gasteiger partial charge in [0.05, 0.1) is 13.2 Å². The fraction of sp³-hybridized carbons (Fsp3) is 0.435. The summed E-state index contributed by atoms with van der Waals surface area (Å²) in [6.07, 6.45) is 0.912. The summed E-state index contributed by atoms with van der Waals surface area (Å²) in [6.45, 7) is 6.14. The molecule has 0 aliphatic carbocycles. The van der Waals surface area contributed by atoms with Gasteiger partial charge < -0.3 is 30.9 Å². The Bertz CT molecular complexity index is 775. The van der Waals surface area contributed by atoms with Crippen LogP contribution in [0.2, 0.25) is 0 Å². The SMILES string of the molecule is COc1ccc(C)cc1.O=C(O)NCc1ccc2c(c1)CCNC2.OC1CCNC1. The van der Waals surface area contributed by atoms with Crippen molar-refractivity contribution >= 4 is 6.09 Å². The zero-order chi connectivity index (χ0) is 21.8. The van der Waals surface area contributed by atoms with Crippen molar-refractivity contribution in [2.45, 2.75) is 39.0 Å². The van der Waals surface area contributed by atoms with Crippen LogP contribution in [0.15, 0.2) is 42.5 Å². The number of amides is 1. The standard InChI is InChI=1S/C11H14N2O2.C8H10O.C4H9NO/c14-11(15)13-6-8-1-2-10-7-12-4-3-9(10)5-8;1-7-3-5-8(9-2)6-4-7;6-4-1-2-5-3-4/h1-2,5,12-13H,3-4,6-7H2,(H,14,15);3-6H,1-2H3;4-6H,1-3H2. The molecule has 7 nitrogen and oxygen atoms in total. The van der Waals surface area contributed by atoms with Crippen LogP contribution in [0.1, 0.15) is 28.7 Å². The summed E-state index contributed by atoms with van der Waals surface area (Å²) in [5, 5.41) is 25.9. The van der Waals surface area contributed by atoms with E-state index in [4.69, 9.17) is 14.9 Å². The number of β-amino-alcohol motifs (C(OH)–C–C–N with tert-alkyl or cyclic N) is 1. The summed E-state index contributed by atoms with van der Waals surface area (Å²) in [5.41, 5.74) is 4.94. The number of nitrogens with one attached hydrogen (secondary N) is 3. The second-order valence-electron chi connectivity index (χ2n) is 7.35. The van der Waals surface area contributed by atoms with Gasteiger partial charge in [0, 0.05) is 19.6 Å². The van der Waals surface area contributed by atoms with E-state index in [2.05, 4.69) is 35.0 Å². The van der Waals surface area contributed by atoms with Crippen molar-refractivity contribution < 1.29 is 19.7 Å². The summed E-state index contributed by atoms with van der Waals surface area (Å²) in [4.78, 5) is 10.3. The molecule has 2 aromatic carbocycles. The molecule has 1 atom stereocenters. The first-order valence-electron chi connectivity index (χ1n) is 10.3. The number of methoxy groups -OCH3 is 1. The number of fused-ring (bicyclic) bond motifs is 1. The van der Waals surface area contributed by atoms with E-state index in [-0.39, 0.29) is 6.10 Å². The van der Waals surface area contributed by atoms with Crippen molar-refractivity contribution in [1.82, 2.24) is 16.0 Å². The topological polar surface area (TPSA) is 103 Å². The van der Waals surface area contributed by atoms with Gasteiger partial charge in [0.2, 0.25) is 0 Å². The maximum Gasteiger partial charge on any atom is 0.404 e. The molecule has 5 N–H and O–H groups in total. The molecule has 1 fully saturated rings. The zero-order valence-corrected chi connectivity index (χ0v) is 17.8. The van der Waals surface area contributed by atoms with E-state index >= 15 is 0 Å². The fourth-order valence-electron chi connectivity index (χ4n) is 3.13. The Morgan fingerprint density at radius 3 is 2.47 bits per heavy atom. The number of ether oxygens (including phenoxy) is 1. The molecule has 0 saturated carbocycles. The van der Waals surface area contributed by atoms with E-state index in [0.29, 0.717) is 6.54 Å². The van der Waals surface area contributed by atoms with Gasteiger partial charge in [-0.2, -0.15) is 0 Å². The molecule has 4 rings (SSSR count). The molecule has 30 heavy (non-hydrogen) atoms. The molecule has 0 aromatic heterocycles. The van der Waals surface area contributed by atoms with Crippen molar-refractivity contribution in [2.24, 2.45) is 0 Å². The third kappa shape index (κ3) is 8.82. The van der Waals surface area contributed by atoms with Gasteiger partial charge in [0.1, 0.15) is 5.75 Å². The highest BCUT2D eigenvalue weighted by Gasteiger charge is 2.09. The maximum atomic E-state index is 10.3. The molecule has 1 unspecified atom stereocenters. The van der Waals surface area contributed by atoms with E-state index in [9.17, 15) is 4.79 Å². The molecule has 2 aromatic rings. The lowest BCUT2D eigenvalue weighted by Crippen LogP contribution is -2.24. The number of rotatable bonds is 3. The van der Waals surface area contributed by atoms with E-state index in [1.54, 1.807) is 7.11 Å². The van der Waals surface area contributed by atoms with E-state index in [0.717, 1.165) is 50.3 Å². The van der Waals surface area contributed by atoms with E-state index in [1.807, 2.05) is 30.3 Å². The number of aliphatic hydroxyl groups excluding tert-OH is 1. The smallest absolute Gasteiger partial charge is 0.404 e. The molecule has 0 spiro atoms. The zero-order valence-electron chi connectivity index (χ0n) is 17.8. The molecule has 1 amide bonds. The Kier molecular flexibility index (Phi) is 10.1. The lowest BCUT2D eigenvalue weighted by Gasteiger charge is -2.17. The second kappa shape index (κ2) is 12.8. The second-order valence-corrected chi connectivity index (χ2v) is 7.35. The van der Waals surface area contributed by atoms with Gasteiger partial charge in [-0.05, 0) is 61.7 Å². The van der Waals surface area contributed by atoms with Crippen LogP contribution in [0.3, 0.4) is 0 Å². The minimum absolute atomic E-state index is 0.0648. The van der Waals surface area contributed by atoms with E-state index in [1.165, 1.54) is 16.7 Å². The maximum absolute atomic E-state index is 10.3. The average Bonchev–Trinajstić information content (AvgIpc) is 3.24. The minimum atomic E-state index is -0.977. The summed E-state index contributed by atoms with van der Waals surface area (Å²) < 4.78 is 4.97. The number of carbonyl (C=O) groups is 1. The molecular formula is C23H33N3O4. The number of carboxylic acid groups (broad SMARTS) is 1. The van der Waals surface area contributed by atoms with Crippen LogP contribution in [0.4, 0.5) is 4.79 Å². The first-order valence-corrected chi connectivity index (χ1v) is 10.3. The Labute approximate surface area is 178 Å². The van der Waals surface area contributed by atoms with Crippen LogP contribution in [0.25, 0.3) is 0 Å². The van der Waals surface area contributed by atoms with Gasteiger partial charge in [0.25, 0.3) is 0 Å². The molecule has 7 heteroatoms. The van der Waals surface area contributed by atoms with E-state index < -0.39 is 6.09 Å². The van der Waals surface area contributed by atoms with Crippen LogP contribution in [0.5, 0.6) is 5.75 Å². The van der Waals surface area contributed by atoms with Gasteiger partial charge in [0.15, 0.2) is 0 Å². The van der Waals surface area contributed by atoms with Crippen molar-refractivity contribution in [3.8, 4) is 5.75 Å².